The number of hydrogen-bond acceptors (Lipinski definition) is 3. The van der Waals surface area contributed by atoms with Crippen molar-refractivity contribution in [3.05, 3.63) is 12.7 Å². The van der Waals surface area contributed by atoms with Gasteiger partial charge >= 0.3 is 5.97 Å². The quantitative estimate of drug-likeness (QED) is 0.680. The lowest BCUT2D eigenvalue weighted by molar-refractivity contribution is -0.145. The van der Waals surface area contributed by atoms with E-state index in [1.807, 2.05) is 0 Å². The molecule has 0 radical (unpaired) electrons. The number of carboxylic acids is 1. The molecule has 0 aromatic carbocycles. The number of carboxylic acid groups (broad SMARTS) is 1. The van der Waals surface area contributed by atoms with Gasteiger partial charge in [0.2, 0.25) is 0 Å². The highest BCUT2D eigenvalue weighted by Crippen LogP contribution is 2.23. The van der Waals surface area contributed by atoms with Gasteiger partial charge in [0.25, 0.3) is 0 Å². The largest absolute Gasteiger partial charge is 0.481 e. The van der Waals surface area contributed by atoms with Crippen molar-refractivity contribution in [2.24, 2.45) is 5.41 Å². The molecule has 0 aliphatic rings. The van der Waals surface area contributed by atoms with Gasteiger partial charge in [0.05, 0.1) is 11.2 Å². The molecule has 0 aliphatic heterocycles. The molecule has 5 heteroatoms. The topological polar surface area (TPSA) is 71.4 Å². The number of aliphatic carboxylic acids is 1. The Labute approximate surface area is 84.6 Å². The standard InChI is InChI=1S/C9H16O4S/c1-4-9(3,8(10)11)6-7-14(12,13)5-2/h4H,1,5-7H2,2-3H3,(H,10,11). The average Bonchev–Trinajstić information content (AvgIpc) is 2.14. The fourth-order valence-corrected chi connectivity index (χ4v) is 1.83. The van der Waals surface area contributed by atoms with E-state index in [1.165, 1.54) is 13.0 Å². The third kappa shape index (κ3) is 3.49. The Morgan fingerprint density at radius 2 is 2.07 bits per heavy atom. The molecule has 14 heavy (non-hydrogen) atoms. The highest BCUT2D eigenvalue weighted by atomic mass is 32.2. The van der Waals surface area contributed by atoms with Crippen molar-refractivity contribution in [2.75, 3.05) is 11.5 Å². The zero-order valence-corrected chi connectivity index (χ0v) is 9.30. The molecule has 0 spiro atoms. The van der Waals surface area contributed by atoms with Crippen LogP contribution in [-0.2, 0) is 14.6 Å². The number of sulfone groups is 1. The molecule has 82 valence electrons. The average molecular weight is 220 g/mol. The van der Waals surface area contributed by atoms with Crippen LogP contribution in [0.15, 0.2) is 12.7 Å². The molecule has 1 N–H and O–H groups in total. The predicted molar refractivity (Wildman–Crippen MR) is 54.9 cm³/mol. The molecule has 1 atom stereocenters. The summed E-state index contributed by atoms with van der Waals surface area (Å²) in [6.07, 6.45) is 1.35. The van der Waals surface area contributed by atoms with Crippen LogP contribution in [0.2, 0.25) is 0 Å². The summed E-state index contributed by atoms with van der Waals surface area (Å²) in [6.45, 7) is 6.41. The lowest BCUT2D eigenvalue weighted by Gasteiger charge is -2.19. The summed E-state index contributed by atoms with van der Waals surface area (Å²) in [5.74, 6) is -1.11. The monoisotopic (exact) mass is 220 g/mol. The van der Waals surface area contributed by atoms with Crippen molar-refractivity contribution in [3.63, 3.8) is 0 Å². The first-order valence-corrected chi connectivity index (χ1v) is 6.17. The van der Waals surface area contributed by atoms with Gasteiger partial charge in [-0.2, -0.15) is 0 Å². The van der Waals surface area contributed by atoms with Crippen LogP contribution in [-0.4, -0.2) is 31.0 Å². The molecule has 1 unspecified atom stereocenters. The Bertz CT molecular complexity index is 318. The summed E-state index contributed by atoms with van der Waals surface area (Å²) in [7, 11) is -3.11. The van der Waals surface area contributed by atoms with Gasteiger partial charge in [0.1, 0.15) is 9.84 Å². The summed E-state index contributed by atoms with van der Waals surface area (Å²) in [5, 5.41) is 8.84. The maximum atomic E-state index is 11.2. The predicted octanol–water partition coefficient (Wildman–Crippen LogP) is 1.09. The van der Waals surface area contributed by atoms with Crippen LogP contribution < -0.4 is 0 Å². The lowest BCUT2D eigenvalue weighted by Crippen LogP contribution is -2.28. The fraction of sp³-hybridized carbons (Fsp3) is 0.667. The van der Waals surface area contributed by atoms with E-state index < -0.39 is 21.2 Å². The van der Waals surface area contributed by atoms with Gasteiger partial charge in [0, 0.05) is 5.75 Å². The van der Waals surface area contributed by atoms with Crippen molar-refractivity contribution < 1.29 is 18.3 Å². The summed E-state index contributed by atoms with van der Waals surface area (Å²) >= 11 is 0. The second-order valence-electron chi connectivity index (χ2n) is 3.41. The van der Waals surface area contributed by atoms with Crippen LogP contribution in [0, 0.1) is 5.41 Å². The first-order valence-electron chi connectivity index (χ1n) is 4.35. The minimum absolute atomic E-state index is 0.0415. The Kier molecular flexibility index (Phi) is 4.32. The second kappa shape index (κ2) is 4.59. The molecule has 4 nitrogen and oxygen atoms in total. The molecular formula is C9H16O4S. The number of hydrogen-bond donors (Lipinski definition) is 1. The van der Waals surface area contributed by atoms with Gasteiger partial charge in [-0.1, -0.05) is 13.0 Å². The summed E-state index contributed by atoms with van der Waals surface area (Å²) in [5.41, 5.74) is -1.15. The van der Waals surface area contributed by atoms with Gasteiger partial charge in [-0.05, 0) is 13.3 Å². The van der Waals surface area contributed by atoms with E-state index in [0.717, 1.165) is 0 Å². The van der Waals surface area contributed by atoms with Crippen molar-refractivity contribution in [1.82, 2.24) is 0 Å². The smallest absolute Gasteiger partial charge is 0.313 e. The van der Waals surface area contributed by atoms with Crippen molar-refractivity contribution in [1.29, 1.82) is 0 Å². The van der Waals surface area contributed by atoms with E-state index in [4.69, 9.17) is 5.11 Å². The van der Waals surface area contributed by atoms with Gasteiger partial charge < -0.3 is 5.11 Å². The molecule has 0 aromatic heterocycles. The molecule has 0 fully saturated rings. The molecule has 0 aromatic rings. The third-order valence-corrected chi connectivity index (χ3v) is 4.02. The molecule has 0 bridgehead atoms. The van der Waals surface area contributed by atoms with E-state index in [0.29, 0.717) is 0 Å². The van der Waals surface area contributed by atoms with E-state index in [1.54, 1.807) is 6.92 Å². The Hall–Kier alpha value is -0.840. The van der Waals surface area contributed by atoms with Gasteiger partial charge in [-0.3, -0.25) is 4.79 Å². The van der Waals surface area contributed by atoms with Crippen LogP contribution in [0.25, 0.3) is 0 Å². The molecule has 0 saturated heterocycles. The minimum Gasteiger partial charge on any atom is -0.481 e. The van der Waals surface area contributed by atoms with E-state index in [2.05, 4.69) is 6.58 Å². The van der Waals surface area contributed by atoms with Gasteiger partial charge in [-0.25, -0.2) is 8.42 Å². The first-order chi connectivity index (χ1) is 6.27. The number of carbonyl (C=O) groups is 1. The van der Waals surface area contributed by atoms with Gasteiger partial charge in [-0.15, -0.1) is 6.58 Å². The van der Waals surface area contributed by atoms with Crippen LogP contribution in [0.3, 0.4) is 0 Å². The third-order valence-electron chi connectivity index (χ3n) is 2.31. The SMILES string of the molecule is C=CC(C)(CCS(=O)(=O)CC)C(=O)O. The van der Waals surface area contributed by atoms with E-state index in [9.17, 15) is 13.2 Å². The fourth-order valence-electron chi connectivity index (χ4n) is 0.808. The van der Waals surface area contributed by atoms with Crippen LogP contribution >= 0.6 is 0 Å². The summed E-state index contributed by atoms with van der Waals surface area (Å²) in [6, 6.07) is 0. The van der Waals surface area contributed by atoms with Crippen LogP contribution in [0.4, 0.5) is 0 Å². The molecular weight excluding hydrogens is 204 g/mol. The van der Waals surface area contributed by atoms with Crippen LogP contribution in [0.1, 0.15) is 20.3 Å². The number of rotatable bonds is 6. The highest BCUT2D eigenvalue weighted by Gasteiger charge is 2.30. The summed E-state index contributed by atoms with van der Waals surface area (Å²) < 4.78 is 22.3. The molecule has 0 aliphatic carbocycles. The molecule has 0 saturated carbocycles. The lowest BCUT2D eigenvalue weighted by atomic mass is 9.88. The zero-order valence-electron chi connectivity index (χ0n) is 8.49. The normalized spacial score (nSPS) is 15.9. The van der Waals surface area contributed by atoms with E-state index >= 15 is 0 Å². The molecule has 0 rings (SSSR count). The Morgan fingerprint density at radius 1 is 1.57 bits per heavy atom. The maximum Gasteiger partial charge on any atom is 0.313 e. The zero-order chi connectivity index (χ0) is 11.4. The summed E-state index contributed by atoms with van der Waals surface area (Å²) in [4.78, 5) is 10.8. The molecule has 0 amide bonds. The van der Waals surface area contributed by atoms with Crippen molar-refractivity contribution in [2.45, 2.75) is 20.3 Å². The molecule has 0 heterocycles. The first kappa shape index (κ1) is 13.2. The van der Waals surface area contributed by atoms with Crippen LogP contribution in [0.5, 0.6) is 0 Å². The van der Waals surface area contributed by atoms with Gasteiger partial charge in [0.15, 0.2) is 0 Å². The van der Waals surface area contributed by atoms with Crippen molar-refractivity contribution in [3.8, 4) is 0 Å². The Balaban J connectivity index is 4.52. The Morgan fingerprint density at radius 3 is 2.36 bits per heavy atom. The van der Waals surface area contributed by atoms with E-state index in [-0.39, 0.29) is 17.9 Å². The maximum absolute atomic E-state index is 11.2. The minimum atomic E-state index is -3.11. The second-order valence-corrected chi connectivity index (χ2v) is 5.89. The highest BCUT2D eigenvalue weighted by molar-refractivity contribution is 7.91. The van der Waals surface area contributed by atoms with Crippen molar-refractivity contribution >= 4 is 15.8 Å².